The van der Waals surface area contributed by atoms with Gasteiger partial charge in [-0.05, 0) is 12.0 Å². The number of halogens is 1. The first-order valence-electron chi connectivity index (χ1n) is 6.04. The lowest BCUT2D eigenvalue weighted by Crippen LogP contribution is -2.16. The van der Waals surface area contributed by atoms with Crippen molar-refractivity contribution in [1.82, 2.24) is 0 Å². The smallest absolute Gasteiger partial charge is 0.269 e. The van der Waals surface area contributed by atoms with E-state index >= 15 is 0 Å². The molecule has 2 aromatic carbocycles. The van der Waals surface area contributed by atoms with Crippen molar-refractivity contribution >= 4 is 27.4 Å². The van der Waals surface area contributed by atoms with Gasteiger partial charge >= 0.3 is 0 Å². The molecule has 0 spiro atoms. The van der Waals surface area contributed by atoms with Crippen LogP contribution in [-0.2, 0) is 6.42 Å². The first kappa shape index (κ1) is 14.4. The quantitative estimate of drug-likeness (QED) is 0.362. The maximum Gasteiger partial charge on any atom is 0.269 e. The van der Waals surface area contributed by atoms with E-state index in [9.17, 15) is 14.9 Å². The second kappa shape index (κ2) is 6.43. The number of nitro benzene ring substituents is 1. The van der Waals surface area contributed by atoms with Gasteiger partial charge in [-0.3, -0.25) is 14.9 Å². The highest BCUT2D eigenvalue weighted by Crippen LogP contribution is 2.18. The van der Waals surface area contributed by atoms with Crippen LogP contribution in [0.1, 0.15) is 15.9 Å². The van der Waals surface area contributed by atoms with Crippen molar-refractivity contribution in [1.29, 1.82) is 0 Å². The van der Waals surface area contributed by atoms with Gasteiger partial charge in [0.05, 0.1) is 9.75 Å². The largest absolute Gasteiger partial charge is 0.293 e. The van der Waals surface area contributed by atoms with E-state index in [0.717, 1.165) is 5.56 Å². The fraction of sp³-hybridized carbons (Fsp3) is 0.133. The summed E-state index contributed by atoms with van der Waals surface area (Å²) < 4.78 is 0. The highest BCUT2D eigenvalue weighted by atomic mass is 79.9. The van der Waals surface area contributed by atoms with Crippen LogP contribution in [0.15, 0.2) is 54.6 Å². The monoisotopic (exact) mass is 333 g/mol. The average Bonchev–Trinajstić information content (AvgIpc) is 2.48. The molecule has 20 heavy (non-hydrogen) atoms. The normalized spacial score (nSPS) is 11.8. The molecular weight excluding hydrogens is 322 g/mol. The fourth-order valence-electron chi connectivity index (χ4n) is 1.84. The minimum Gasteiger partial charge on any atom is -0.293 e. The number of rotatable bonds is 5. The van der Waals surface area contributed by atoms with Crippen LogP contribution in [0.5, 0.6) is 0 Å². The number of carbonyl (C=O) groups is 1. The number of nitrogens with zero attached hydrogens (tertiary/aromatic N) is 1. The third-order valence-electron chi connectivity index (χ3n) is 2.90. The van der Waals surface area contributed by atoms with Crippen molar-refractivity contribution < 1.29 is 9.72 Å². The Morgan fingerprint density at radius 3 is 2.25 bits per heavy atom. The molecule has 0 amide bonds. The van der Waals surface area contributed by atoms with Crippen molar-refractivity contribution in [2.24, 2.45) is 0 Å². The molecule has 1 unspecified atom stereocenters. The van der Waals surface area contributed by atoms with Crippen LogP contribution in [0.4, 0.5) is 5.69 Å². The number of hydrogen-bond donors (Lipinski definition) is 0. The number of alkyl halides is 1. The second-order valence-electron chi connectivity index (χ2n) is 4.33. The molecule has 0 aliphatic heterocycles. The van der Waals surface area contributed by atoms with Crippen molar-refractivity contribution in [3.05, 3.63) is 75.8 Å². The first-order valence-corrected chi connectivity index (χ1v) is 6.96. The van der Waals surface area contributed by atoms with Crippen LogP contribution in [0.2, 0.25) is 0 Å². The van der Waals surface area contributed by atoms with E-state index in [1.54, 1.807) is 24.3 Å². The Kier molecular flexibility index (Phi) is 4.63. The van der Waals surface area contributed by atoms with Gasteiger partial charge < -0.3 is 0 Å². The van der Waals surface area contributed by atoms with Gasteiger partial charge in [-0.2, -0.15) is 0 Å². The van der Waals surface area contributed by atoms with E-state index in [0.29, 0.717) is 12.0 Å². The van der Waals surface area contributed by atoms with Gasteiger partial charge in [0.15, 0.2) is 5.78 Å². The summed E-state index contributed by atoms with van der Waals surface area (Å²) in [7, 11) is 0. The molecule has 2 aromatic rings. The minimum atomic E-state index is -0.440. The maximum absolute atomic E-state index is 12.2. The number of nitro groups is 1. The van der Waals surface area contributed by atoms with E-state index in [-0.39, 0.29) is 16.3 Å². The van der Waals surface area contributed by atoms with Gasteiger partial charge in [-0.15, -0.1) is 0 Å². The lowest BCUT2D eigenvalue weighted by molar-refractivity contribution is -0.384. The van der Waals surface area contributed by atoms with E-state index in [1.165, 1.54) is 12.1 Å². The van der Waals surface area contributed by atoms with Gasteiger partial charge in [-0.1, -0.05) is 58.4 Å². The predicted molar refractivity (Wildman–Crippen MR) is 80.3 cm³/mol. The van der Waals surface area contributed by atoms with Gasteiger partial charge in [0.1, 0.15) is 0 Å². The Bertz CT molecular complexity index is 611. The molecule has 1 atom stereocenters. The molecule has 0 aliphatic carbocycles. The molecule has 0 heterocycles. The summed E-state index contributed by atoms with van der Waals surface area (Å²) in [5.74, 6) is 0.00366. The van der Waals surface area contributed by atoms with Crippen molar-refractivity contribution in [3.63, 3.8) is 0 Å². The summed E-state index contributed by atoms with van der Waals surface area (Å²) in [6, 6.07) is 15.3. The van der Waals surface area contributed by atoms with E-state index < -0.39 is 4.92 Å². The Hall–Kier alpha value is -2.01. The van der Waals surface area contributed by atoms with Crippen molar-refractivity contribution in [2.45, 2.75) is 11.2 Å². The third-order valence-corrected chi connectivity index (χ3v) is 3.64. The zero-order valence-corrected chi connectivity index (χ0v) is 12.1. The van der Waals surface area contributed by atoms with Crippen LogP contribution in [0.3, 0.4) is 0 Å². The van der Waals surface area contributed by atoms with Gasteiger partial charge in [-0.25, -0.2) is 0 Å². The molecule has 0 saturated carbocycles. The summed E-state index contributed by atoms with van der Waals surface area (Å²) >= 11 is 3.38. The van der Waals surface area contributed by atoms with E-state index in [4.69, 9.17) is 0 Å². The molecular formula is C15H12BrNO3. The van der Waals surface area contributed by atoms with Crippen LogP contribution in [0.25, 0.3) is 0 Å². The number of non-ortho nitro benzene ring substituents is 1. The highest BCUT2D eigenvalue weighted by Gasteiger charge is 2.17. The first-order chi connectivity index (χ1) is 9.58. The lowest BCUT2D eigenvalue weighted by atomic mass is 10.0. The third kappa shape index (κ3) is 3.51. The molecule has 2 rings (SSSR count). The zero-order valence-electron chi connectivity index (χ0n) is 10.5. The predicted octanol–water partition coefficient (Wildman–Crippen LogP) is 3.78. The van der Waals surface area contributed by atoms with Crippen LogP contribution in [-0.4, -0.2) is 15.5 Å². The second-order valence-corrected chi connectivity index (χ2v) is 5.43. The molecule has 4 nitrogen and oxygen atoms in total. The van der Waals surface area contributed by atoms with Gasteiger partial charge in [0.25, 0.3) is 5.69 Å². The van der Waals surface area contributed by atoms with E-state index in [2.05, 4.69) is 15.9 Å². The van der Waals surface area contributed by atoms with Crippen molar-refractivity contribution in [2.75, 3.05) is 0 Å². The summed E-state index contributed by atoms with van der Waals surface area (Å²) in [6.45, 7) is 0. The SMILES string of the molecule is O=C(c1ccccc1)C(Br)Cc1ccc([N+](=O)[O-])cc1. The molecule has 0 aromatic heterocycles. The lowest BCUT2D eigenvalue weighted by Gasteiger charge is -2.09. The molecule has 0 fully saturated rings. The molecule has 0 radical (unpaired) electrons. The highest BCUT2D eigenvalue weighted by molar-refractivity contribution is 9.10. The Labute approximate surface area is 124 Å². The summed E-state index contributed by atoms with van der Waals surface area (Å²) in [6.07, 6.45) is 0.492. The van der Waals surface area contributed by atoms with E-state index in [1.807, 2.05) is 18.2 Å². The van der Waals surface area contributed by atoms with Gasteiger partial charge in [0.2, 0.25) is 0 Å². The zero-order chi connectivity index (χ0) is 14.5. The summed E-state index contributed by atoms with van der Waals surface area (Å²) in [4.78, 5) is 22.0. The van der Waals surface area contributed by atoms with Gasteiger partial charge in [0, 0.05) is 17.7 Å². The molecule has 5 heteroatoms. The Morgan fingerprint density at radius 2 is 1.70 bits per heavy atom. The summed E-state index contributed by atoms with van der Waals surface area (Å²) in [5.41, 5.74) is 1.58. The van der Waals surface area contributed by atoms with Crippen LogP contribution < -0.4 is 0 Å². The Balaban J connectivity index is 2.06. The minimum absolute atomic E-state index is 0.00366. The van der Waals surface area contributed by atoms with Crippen molar-refractivity contribution in [3.8, 4) is 0 Å². The standard InChI is InChI=1S/C15H12BrNO3/c16-14(15(18)12-4-2-1-3-5-12)10-11-6-8-13(9-7-11)17(19)20/h1-9,14H,10H2. The average molecular weight is 334 g/mol. The molecule has 0 aliphatic rings. The van der Waals surface area contributed by atoms with Crippen LogP contribution >= 0.6 is 15.9 Å². The van der Waals surface area contributed by atoms with Crippen LogP contribution in [0, 0.1) is 10.1 Å². The molecule has 0 saturated heterocycles. The molecule has 102 valence electrons. The number of ketones is 1. The topological polar surface area (TPSA) is 60.2 Å². The summed E-state index contributed by atoms with van der Waals surface area (Å²) in [5, 5.41) is 10.6. The maximum atomic E-state index is 12.2. The number of carbonyl (C=O) groups excluding carboxylic acids is 1. The number of hydrogen-bond acceptors (Lipinski definition) is 3. The number of Topliss-reactive ketones (excluding diaryl/α,β-unsaturated/α-hetero) is 1. The molecule has 0 N–H and O–H groups in total. The fourth-order valence-corrected chi connectivity index (χ4v) is 2.47. The molecule has 0 bridgehead atoms. The Morgan fingerprint density at radius 1 is 1.10 bits per heavy atom. The number of benzene rings is 2.